The lowest BCUT2D eigenvalue weighted by atomic mass is 9.87. The van der Waals surface area contributed by atoms with Crippen LogP contribution in [0.1, 0.15) is 51.4 Å². The van der Waals surface area contributed by atoms with E-state index >= 15 is 0 Å². The van der Waals surface area contributed by atoms with Crippen LogP contribution in [-0.4, -0.2) is 28.7 Å². The average Bonchev–Trinajstić information content (AvgIpc) is 3.19. The van der Waals surface area contributed by atoms with Gasteiger partial charge in [0, 0.05) is 36.3 Å². The van der Waals surface area contributed by atoms with Crippen molar-refractivity contribution >= 4 is 40.1 Å². The van der Waals surface area contributed by atoms with Crippen molar-refractivity contribution in [3.8, 4) is 11.4 Å². The highest BCUT2D eigenvalue weighted by Crippen LogP contribution is 2.40. The van der Waals surface area contributed by atoms with Gasteiger partial charge < -0.3 is 10.1 Å². The zero-order chi connectivity index (χ0) is 23.7. The normalized spacial score (nSPS) is 18.8. The third kappa shape index (κ3) is 4.68. The lowest BCUT2D eigenvalue weighted by molar-refractivity contribution is -0.126. The predicted octanol–water partition coefficient (Wildman–Crippen LogP) is 6.70. The number of nitrogens with zero attached hydrogens (tertiary/aromatic N) is 2. The Bertz CT molecular complexity index is 1180. The van der Waals surface area contributed by atoms with Gasteiger partial charge in [0.2, 0.25) is 5.91 Å². The van der Waals surface area contributed by atoms with Crippen molar-refractivity contribution in [1.29, 1.82) is 0 Å². The van der Waals surface area contributed by atoms with Crippen LogP contribution in [-0.2, 0) is 15.2 Å². The van der Waals surface area contributed by atoms with E-state index < -0.39 is 11.5 Å². The molecule has 0 radical (unpaired) electrons. The lowest BCUT2D eigenvalue weighted by Gasteiger charge is -2.41. The van der Waals surface area contributed by atoms with Gasteiger partial charge in [0.05, 0.1) is 16.1 Å². The van der Waals surface area contributed by atoms with E-state index in [9.17, 15) is 9.18 Å². The first-order valence-corrected chi connectivity index (χ1v) is 12.7. The molecule has 5 nitrogen and oxygen atoms in total. The molecule has 2 aromatic carbocycles. The smallest absolute Gasteiger partial charge is 0.222 e. The summed E-state index contributed by atoms with van der Waals surface area (Å²) in [7, 11) is 0. The molecule has 1 aromatic heterocycles. The van der Waals surface area contributed by atoms with E-state index in [0.29, 0.717) is 47.4 Å². The standard InChI is InChI=1S/C26H28Cl2FN3O2/c27-19-6-4-18(5-7-19)25-30-22-16-21(29)20(28)15-23(22)32(25)26(10-2-1-3-11-26)31-24(33)14-17-8-12-34-13-9-17/h4-7,15-17H,1-3,8-14H2,(H,31,33). The molecule has 1 aliphatic heterocycles. The monoisotopic (exact) mass is 503 g/mol. The van der Waals surface area contributed by atoms with Gasteiger partial charge in [-0.05, 0) is 74.8 Å². The van der Waals surface area contributed by atoms with Crippen molar-refractivity contribution in [3.63, 3.8) is 0 Å². The largest absolute Gasteiger partial charge is 0.381 e. The van der Waals surface area contributed by atoms with Crippen molar-refractivity contribution in [2.24, 2.45) is 5.92 Å². The van der Waals surface area contributed by atoms with Crippen LogP contribution in [0, 0.1) is 11.7 Å². The second-order valence-corrected chi connectivity index (χ2v) is 10.3. The number of nitrogens with one attached hydrogen (secondary N) is 1. The molecule has 0 spiro atoms. The maximum atomic E-state index is 14.4. The number of aromatic nitrogens is 2. The van der Waals surface area contributed by atoms with Crippen molar-refractivity contribution in [1.82, 2.24) is 14.9 Å². The zero-order valence-corrected chi connectivity index (χ0v) is 20.5. The van der Waals surface area contributed by atoms with Crippen LogP contribution in [0.25, 0.3) is 22.4 Å². The summed E-state index contributed by atoms with van der Waals surface area (Å²) in [5.74, 6) is 0.517. The first-order chi connectivity index (χ1) is 16.4. The predicted molar refractivity (Wildman–Crippen MR) is 133 cm³/mol. The zero-order valence-electron chi connectivity index (χ0n) is 19.0. The molecular weight excluding hydrogens is 476 g/mol. The maximum absolute atomic E-state index is 14.4. The summed E-state index contributed by atoms with van der Waals surface area (Å²) < 4.78 is 21.9. The topological polar surface area (TPSA) is 56.1 Å². The summed E-state index contributed by atoms with van der Waals surface area (Å²) in [4.78, 5) is 18.2. The summed E-state index contributed by atoms with van der Waals surface area (Å²) in [6.45, 7) is 1.42. The molecule has 34 heavy (non-hydrogen) atoms. The molecule has 2 heterocycles. The van der Waals surface area contributed by atoms with E-state index in [2.05, 4.69) is 9.88 Å². The maximum Gasteiger partial charge on any atom is 0.222 e. The summed E-state index contributed by atoms with van der Waals surface area (Å²) in [6, 6.07) is 10.4. The fourth-order valence-electron chi connectivity index (χ4n) is 5.36. The Morgan fingerprint density at radius 2 is 1.82 bits per heavy atom. The second-order valence-electron chi connectivity index (χ2n) is 9.43. The Balaban J connectivity index is 1.61. The Morgan fingerprint density at radius 1 is 1.12 bits per heavy atom. The molecule has 0 unspecified atom stereocenters. The molecular formula is C26H28Cl2FN3O2. The number of ether oxygens (including phenoxy) is 1. The number of carbonyl (C=O) groups excluding carboxylic acids is 1. The van der Waals surface area contributed by atoms with Crippen molar-refractivity contribution in [3.05, 3.63) is 52.3 Å². The van der Waals surface area contributed by atoms with Gasteiger partial charge in [-0.3, -0.25) is 9.36 Å². The van der Waals surface area contributed by atoms with Gasteiger partial charge in [0.15, 0.2) is 0 Å². The number of fused-ring (bicyclic) bond motifs is 1. The van der Waals surface area contributed by atoms with Crippen molar-refractivity contribution in [2.75, 3.05) is 13.2 Å². The van der Waals surface area contributed by atoms with Gasteiger partial charge in [-0.15, -0.1) is 0 Å². The molecule has 3 aromatic rings. The second kappa shape index (κ2) is 9.84. The molecule has 2 fully saturated rings. The van der Waals surface area contributed by atoms with E-state index in [-0.39, 0.29) is 10.9 Å². The SMILES string of the molecule is O=C(CC1CCOCC1)NC1(n2c(-c3ccc(Cl)cc3)nc3cc(F)c(Cl)cc32)CCCCC1. The molecule has 0 bridgehead atoms. The number of hydrogen-bond donors (Lipinski definition) is 1. The van der Waals surface area contributed by atoms with E-state index in [4.69, 9.17) is 32.9 Å². The van der Waals surface area contributed by atoms with Gasteiger partial charge in [-0.2, -0.15) is 0 Å². The van der Waals surface area contributed by atoms with Gasteiger partial charge in [0.1, 0.15) is 17.3 Å². The quantitative estimate of drug-likeness (QED) is 0.421. The van der Waals surface area contributed by atoms with Crippen LogP contribution >= 0.6 is 23.2 Å². The Hall–Kier alpha value is -2.15. The highest BCUT2D eigenvalue weighted by molar-refractivity contribution is 6.31. The Morgan fingerprint density at radius 3 is 2.53 bits per heavy atom. The number of benzene rings is 2. The van der Waals surface area contributed by atoms with Crippen LogP contribution in [0.3, 0.4) is 0 Å². The fourth-order valence-corrected chi connectivity index (χ4v) is 5.65. The first kappa shape index (κ1) is 23.6. The molecule has 0 atom stereocenters. The van der Waals surface area contributed by atoms with E-state index in [1.807, 2.05) is 24.3 Å². The van der Waals surface area contributed by atoms with Gasteiger partial charge in [0.25, 0.3) is 0 Å². The molecule has 1 aliphatic carbocycles. The molecule has 1 amide bonds. The van der Waals surface area contributed by atoms with Crippen LogP contribution in [0.4, 0.5) is 4.39 Å². The molecule has 2 aliphatic rings. The molecule has 180 valence electrons. The number of hydrogen-bond acceptors (Lipinski definition) is 3. The third-order valence-corrected chi connectivity index (χ3v) is 7.64. The third-order valence-electron chi connectivity index (χ3n) is 7.09. The summed E-state index contributed by atoms with van der Waals surface area (Å²) >= 11 is 12.4. The Kier molecular flexibility index (Phi) is 6.83. The molecule has 8 heteroatoms. The molecule has 5 rings (SSSR count). The van der Waals surface area contributed by atoms with Gasteiger partial charge in [-0.25, -0.2) is 9.37 Å². The van der Waals surface area contributed by atoms with Crippen LogP contribution in [0.2, 0.25) is 10.0 Å². The highest BCUT2D eigenvalue weighted by Gasteiger charge is 2.39. The average molecular weight is 504 g/mol. The molecule has 1 N–H and O–H groups in total. The van der Waals surface area contributed by atoms with E-state index in [0.717, 1.165) is 50.5 Å². The minimum absolute atomic E-state index is 0.0333. The first-order valence-electron chi connectivity index (χ1n) is 12.0. The number of halogens is 3. The number of amides is 1. The fraction of sp³-hybridized carbons (Fsp3) is 0.462. The van der Waals surface area contributed by atoms with E-state index in [1.54, 1.807) is 6.07 Å². The molecule has 1 saturated heterocycles. The minimum Gasteiger partial charge on any atom is -0.381 e. The number of carbonyl (C=O) groups is 1. The number of imidazole rings is 1. The summed E-state index contributed by atoms with van der Waals surface area (Å²) in [6.07, 6.45) is 6.89. The van der Waals surface area contributed by atoms with Gasteiger partial charge in [-0.1, -0.05) is 29.6 Å². The highest BCUT2D eigenvalue weighted by atomic mass is 35.5. The molecule has 1 saturated carbocycles. The van der Waals surface area contributed by atoms with E-state index in [1.165, 1.54) is 6.07 Å². The van der Waals surface area contributed by atoms with Crippen LogP contribution < -0.4 is 5.32 Å². The van der Waals surface area contributed by atoms with Gasteiger partial charge >= 0.3 is 0 Å². The van der Waals surface area contributed by atoms with Crippen LogP contribution in [0.15, 0.2) is 36.4 Å². The summed E-state index contributed by atoms with van der Waals surface area (Å²) in [5.41, 5.74) is 1.41. The minimum atomic E-state index is -0.661. The van der Waals surface area contributed by atoms with Crippen molar-refractivity contribution < 1.29 is 13.9 Å². The Labute approximate surface area is 208 Å². The summed E-state index contributed by atoms with van der Waals surface area (Å²) in [5, 5.41) is 4.07. The van der Waals surface area contributed by atoms with Crippen LogP contribution in [0.5, 0.6) is 0 Å². The lowest BCUT2D eigenvalue weighted by Crippen LogP contribution is -2.52. The number of rotatable bonds is 5. The van der Waals surface area contributed by atoms with Crippen molar-refractivity contribution in [2.45, 2.75) is 57.0 Å².